The van der Waals surface area contributed by atoms with E-state index < -0.39 is 6.35 Å². The average Bonchev–Trinajstić information content (AvgIpc) is 2.89. The second kappa shape index (κ2) is 11.1. The molecule has 1 amide bonds. The molecule has 5 rings (SSSR count). The van der Waals surface area contributed by atoms with E-state index in [-0.39, 0.29) is 18.1 Å². The second-order valence-corrected chi connectivity index (χ2v) is 10.3. The highest BCUT2D eigenvalue weighted by Crippen LogP contribution is 2.35. The van der Waals surface area contributed by atoms with Gasteiger partial charge in [-0.05, 0) is 55.8 Å². The largest absolute Gasteiger partial charge is 0.342 e. The van der Waals surface area contributed by atoms with E-state index in [4.69, 9.17) is 4.74 Å². The summed E-state index contributed by atoms with van der Waals surface area (Å²) in [5.74, 6) is 0.655. The second-order valence-electron chi connectivity index (χ2n) is 10.3. The Bertz CT molecular complexity index is 955. The summed E-state index contributed by atoms with van der Waals surface area (Å²) < 4.78 is 6.40. The Morgan fingerprint density at radius 3 is 2.43 bits per heavy atom. The molecule has 8 nitrogen and oxygen atoms in total. The van der Waals surface area contributed by atoms with Crippen LogP contribution in [0.15, 0.2) is 42.9 Å². The van der Waals surface area contributed by atoms with Gasteiger partial charge < -0.3 is 14.5 Å². The number of carbonyl (C=O) groups excluding carboxylic acids is 1. The van der Waals surface area contributed by atoms with Gasteiger partial charge in [-0.3, -0.25) is 15.0 Å². The van der Waals surface area contributed by atoms with E-state index in [1.54, 1.807) is 11.1 Å². The van der Waals surface area contributed by atoms with Gasteiger partial charge in [0, 0.05) is 52.4 Å². The van der Waals surface area contributed by atoms with Crippen LogP contribution in [0.25, 0.3) is 0 Å². The van der Waals surface area contributed by atoms with Gasteiger partial charge in [0.15, 0.2) is 6.35 Å². The van der Waals surface area contributed by atoms with Crippen LogP contribution in [0.5, 0.6) is 0 Å². The van der Waals surface area contributed by atoms with Gasteiger partial charge in [0.2, 0.25) is 5.91 Å². The number of hydrogen-bond acceptors (Lipinski definition) is 7. The minimum Gasteiger partial charge on any atom is -0.342 e. The van der Waals surface area contributed by atoms with Crippen molar-refractivity contribution in [1.29, 1.82) is 0 Å². The minimum atomic E-state index is -0.424. The number of carbonyl (C=O) groups is 1. The van der Waals surface area contributed by atoms with E-state index in [9.17, 15) is 4.79 Å². The van der Waals surface area contributed by atoms with Crippen molar-refractivity contribution in [3.05, 3.63) is 59.7 Å². The van der Waals surface area contributed by atoms with Gasteiger partial charge in [0.05, 0.1) is 17.8 Å². The fraction of sp³-hybridized carbons (Fsp3) is 0.593. The molecule has 2 atom stereocenters. The highest BCUT2D eigenvalue weighted by atomic mass is 16.5. The Morgan fingerprint density at radius 1 is 1.00 bits per heavy atom. The first kappa shape index (κ1) is 24.3. The van der Waals surface area contributed by atoms with Gasteiger partial charge >= 0.3 is 0 Å². The molecule has 2 aliphatic heterocycles. The Kier molecular flexibility index (Phi) is 7.72. The van der Waals surface area contributed by atoms with Crippen molar-refractivity contribution in [3.63, 3.8) is 0 Å². The van der Waals surface area contributed by atoms with Crippen molar-refractivity contribution in [2.75, 3.05) is 40.3 Å². The molecule has 1 aromatic carbocycles. The molecule has 2 aromatic rings. The number of amides is 1. The zero-order valence-electron chi connectivity index (χ0n) is 21.0. The summed E-state index contributed by atoms with van der Waals surface area (Å²) in [6.45, 7) is 5.67. The van der Waals surface area contributed by atoms with Crippen LogP contribution >= 0.6 is 0 Å². The van der Waals surface area contributed by atoms with Gasteiger partial charge in [0.1, 0.15) is 6.33 Å². The fourth-order valence-electron chi connectivity index (χ4n) is 5.49. The smallest absolute Gasteiger partial charge is 0.227 e. The molecule has 3 fully saturated rings. The number of benzene rings is 1. The summed E-state index contributed by atoms with van der Waals surface area (Å²) in [6, 6.07) is 11.0. The zero-order chi connectivity index (χ0) is 24.2. The van der Waals surface area contributed by atoms with Gasteiger partial charge in [0.25, 0.3) is 0 Å². The molecule has 3 aliphatic rings. The van der Waals surface area contributed by atoms with E-state index in [2.05, 4.69) is 56.4 Å². The van der Waals surface area contributed by atoms with E-state index in [0.29, 0.717) is 12.3 Å². The molecule has 188 valence electrons. The number of nitrogens with one attached hydrogen (secondary N) is 1. The molecular weight excluding hydrogens is 440 g/mol. The van der Waals surface area contributed by atoms with Crippen molar-refractivity contribution in [2.24, 2.45) is 0 Å². The van der Waals surface area contributed by atoms with Crippen molar-refractivity contribution >= 4 is 5.91 Å². The summed E-state index contributed by atoms with van der Waals surface area (Å²) in [7, 11) is 4.01. The Morgan fingerprint density at radius 2 is 1.74 bits per heavy atom. The van der Waals surface area contributed by atoms with E-state index in [0.717, 1.165) is 64.1 Å². The Balaban J connectivity index is 1.11. The van der Waals surface area contributed by atoms with Gasteiger partial charge in [-0.1, -0.05) is 24.3 Å². The molecule has 0 bridgehead atoms. The van der Waals surface area contributed by atoms with Crippen molar-refractivity contribution < 1.29 is 9.53 Å². The lowest BCUT2D eigenvalue weighted by Crippen LogP contribution is -2.56. The third-order valence-electron chi connectivity index (χ3n) is 7.88. The highest BCUT2D eigenvalue weighted by Gasteiger charge is 2.35. The third kappa shape index (κ3) is 6.06. The predicted molar refractivity (Wildman–Crippen MR) is 134 cm³/mol. The number of nitrogens with zero attached hydrogens (tertiary/aromatic N) is 5. The maximum Gasteiger partial charge on any atom is 0.227 e. The van der Waals surface area contributed by atoms with Crippen LogP contribution in [-0.4, -0.2) is 83.3 Å². The number of likely N-dealkylation sites (N-methyl/N-ethyl adjacent to an activating group) is 1. The van der Waals surface area contributed by atoms with Crippen LogP contribution in [0.3, 0.4) is 0 Å². The molecule has 1 N–H and O–H groups in total. The fourth-order valence-corrected chi connectivity index (χ4v) is 5.49. The lowest BCUT2D eigenvalue weighted by Gasteiger charge is -2.40. The van der Waals surface area contributed by atoms with Gasteiger partial charge in [-0.2, -0.15) is 0 Å². The molecule has 0 radical (unpaired) electrons. The average molecular weight is 479 g/mol. The monoisotopic (exact) mass is 478 g/mol. The van der Waals surface area contributed by atoms with Crippen LogP contribution in [0.4, 0.5) is 0 Å². The SMILES string of the molecule is CN1CCN(Cc2ccc(C3CCC(OC4NC(c5ccncn5)CC(=O)N4C)CC3)cc2)CC1. The number of rotatable bonds is 6. The predicted octanol–water partition coefficient (Wildman–Crippen LogP) is 2.74. The number of hydrogen-bond donors (Lipinski definition) is 1. The minimum absolute atomic E-state index is 0.0720. The Hall–Kier alpha value is -2.39. The molecule has 2 unspecified atom stereocenters. The molecule has 0 spiro atoms. The molecule has 1 aromatic heterocycles. The number of aromatic nitrogens is 2. The van der Waals surface area contributed by atoms with Crippen molar-refractivity contribution in [3.8, 4) is 0 Å². The first-order chi connectivity index (χ1) is 17.0. The van der Waals surface area contributed by atoms with Gasteiger partial charge in [-0.15, -0.1) is 0 Å². The molecule has 8 heteroatoms. The van der Waals surface area contributed by atoms with Crippen LogP contribution in [0.1, 0.15) is 60.9 Å². The van der Waals surface area contributed by atoms with E-state index in [1.807, 2.05) is 13.1 Å². The first-order valence-electron chi connectivity index (χ1n) is 13.0. The van der Waals surface area contributed by atoms with Gasteiger partial charge in [-0.25, -0.2) is 9.97 Å². The van der Waals surface area contributed by atoms with Crippen LogP contribution < -0.4 is 5.32 Å². The first-order valence-corrected chi connectivity index (χ1v) is 13.0. The maximum absolute atomic E-state index is 12.6. The molecule has 3 heterocycles. The molecule has 35 heavy (non-hydrogen) atoms. The lowest BCUT2D eigenvalue weighted by atomic mass is 9.82. The summed E-state index contributed by atoms with van der Waals surface area (Å²) in [4.78, 5) is 27.5. The zero-order valence-corrected chi connectivity index (χ0v) is 21.0. The topological polar surface area (TPSA) is 73.8 Å². The standard InChI is InChI=1S/C27H38N6O2/c1-31-13-15-33(16-14-31)18-20-3-5-21(6-4-20)22-7-9-23(10-8-22)35-27-30-25(17-26(34)32(27)2)24-11-12-28-19-29-24/h3-6,11-12,19,22-23,25,27,30H,7-10,13-18H2,1-2H3. The molecule has 1 saturated carbocycles. The molecular formula is C27H38N6O2. The maximum atomic E-state index is 12.6. The third-order valence-corrected chi connectivity index (χ3v) is 7.88. The molecule has 2 saturated heterocycles. The van der Waals surface area contributed by atoms with Crippen LogP contribution in [0, 0.1) is 0 Å². The van der Waals surface area contributed by atoms with Crippen LogP contribution in [-0.2, 0) is 16.1 Å². The highest BCUT2D eigenvalue weighted by molar-refractivity contribution is 5.77. The van der Waals surface area contributed by atoms with E-state index in [1.165, 1.54) is 17.5 Å². The van der Waals surface area contributed by atoms with Crippen molar-refractivity contribution in [2.45, 2.75) is 63.1 Å². The van der Waals surface area contributed by atoms with Crippen molar-refractivity contribution in [1.82, 2.24) is 30.0 Å². The summed E-state index contributed by atoms with van der Waals surface area (Å²) in [5.41, 5.74) is 3.68. The molecule has 1 aliphatic carbocycles. The summed E-state index contributed by atoms with van der Waals surface area (Å²) in [6.07, 6.45) is 7.58. The number of piperazine rings is 1. The Labute approximate surface area is 208 Å². The lowest BCUT2D eigenvalue weighted by molar-refractivity contribution is -0.168. The summed E-state index contributed by atoms with van der Waals surface area (Å²) in [5, 5.41) is 3.47. The number of ether oxygens (including phenoxy) is 1. The quantitative estimate of drug-likeness (QED) is 0.684. The normalized spacial score (nSPS) is 28.9. The summed E-state index contributed by atoms with van der Waals surface area (Å²) >= 11 is 0. The van der Waals surface area contributed by atoms with Crippen LogP contribution in [0.2, 0.25) is 0 Å². The van der Waals surface area contributed by atoms with E-state index >= 15 is 0 Å².